The highest BCUT2D eigenvalue weighted by molar-refractivity contribution is 9.10. The number of cyclic esters (lactones) is 1. The predicted molar refractivity (Wildman–Crippen MR) is 113 cm³/mol. The largest absolute Gasteiger partial charge is 0.446 e. The monoisotopic (exact) mass is 470 g/mol. The maximum atomic E-state index is 13.2. The average molecular weight is 471 g/mol. The summed E-state index contributed by atoms with van der Waals surface area (Å²) in [5.41, 5.74) is 2.63. The first-order chi connectivity index (χ1) is 14.4. The summed E-state index contributed by atoms with van der Waals surface area (Å²) in [6.07, 6.45) is -0.117. The Balaban J connectivity index is 1.75. The van der Waals surface area contributed by atoms with Crippen LogP contribution in [0.2, 0.25) is 0 Å². The second-order valence-corrected chi connectivity index (χ2v) is 7.87. The average Bonchev–Trinajstić information content (AvgIpc) is 3.26. The van der Waals surface area contributed by atoms with Gasteiger partial charge in [-0.2, -0.15) is 0 Å². The molecule has 3 amide bonds. The standard InChI is InChI=1S/C22H19BrN2O5/c1-13(26)24-18-10-15(23)8-9-16(18)17(21(24)29-2)11-20(27)25-19(12-30-22(25)28)14-6-4-3-5-7-14/h3-11,19,21H,12H2,1-2H3/b17-11-/t19-,21?/m1/s1. The van der Waals surface area contributed by atoms with Crippen LogP contribution in [0.4, 0.5) is 10.5 Å². The van der Waals surface area contributed by atoms with Crippen LogP contribution in [-0.2, 0) is 19.1 Å². The number of benzene rings is 2. The third-order valence-corrected chi connectivity index (χ3v) is 5.66. The summed E-state index contributed by atoms with van der Waals surface area (Å²) >= 11 is 3.42. The molecule has 0 radical (unpaired) electrons. The zero-order chi connectivity index (χ0) is 21.4. The van der Waals surface area contributed by atoms with Crippen molar-refractivity contribution in [3.8, 4) is 0 Å². The molecule has 1 saturated heterocycles. The van der Waals surface area contributed by atoms with E-state index in [1.54, 1.807) is 6.07 Å². The molecule has 0 bridgehead atoms. The number of nitrogens with zero attached hydrogens (tertiary/aromatic N) is 2. The lowest BCUT2D eigenvalue weighted by atomic mass is 10.0. The smallest absolute Gasteiger partial charge is 0.417 e. The van der Waals surface area contributed by atoms with Crippen LogP contribution in [0.5, 0.6) is 0 Å². The lowest BCUT2D eigenvalue weighted by Gasteiger charge is -2.24. The van der Waals surface area contributed by atoms with E-state index < -0.39 is 24.3 Å². The van der Waals surface area contributed by atoms with Crippen LogP contribution in [0, 0.1) is 0 Å². The fraction of sp³-hybridized carbons (Fsp3) is 0.227. The third kappa shape index (κ3) is 3.42. The van der Waals surface area contributed by atoms with E-state index in [1.807, 2.05) is 42.5 Å². The molecule has 8 heteroatoms. The highest BCUT2D eigenvalue weighted by Gasteiger charge is 2.41. The van der Waals surface area contributed by atoms with Crippen LogP contribution >= 0.6 is 15.9 Å². The van der Waals surface area contributed by atoms with Crippen LogP contribution in [0.25, 0.3) is 5.57 Å². The van der Waals surface area contributed by atoms with E-state index in [0.717, 1.165) is 14.9 Å². The molecule has 0 aliphatic carbocycles. The van der Waals surface area contributed by atoms with Crippen molar-refractivity contribution >= 4 is 45.1 Å². The molecular formula is C22H19BrN2O5. The van der Waals surface area contributed by atoms with E-state index in [4.69, 9.17) is 9.47 Å². The number of hydrogen-bond donors (Lipinski definition) is 0. The Morgan fingerprint density at radius 3 is 2.57 bits per heavy atom. The summed E-state index contributed by atoms with van der Waals surface area (Å²) in [6.45, 7) is 1.53. The first-order valence-electron chi connectivity index (χ1n) is 9.31. The van der Waals surface area contributed by atoms with Crippen LogP contribution in [-0.4, -0.2) is 42.8 Å². The first kappa shape index (κ1) is 20.3. The number of hydrogen-bond acceptors (Lipinski definition) is 5. The van der Waals surface area contributed by atoms with Gasteiger partial charge < -0.3 is 9.47 Å². The van der Waals surface area contributed by atoms with Crippen molar-refractivity contribution in [2.45, 2.75) is 19.2 Å². The minimum absolute atomic E-state index is 0.0918. The van der Waals surface area contributed by atoms with Gasteiger partial charge in [-0.1, -0.05) is 52.3 Å². The summed E-state index contributed by atoms with van der Waals surface area (Å²) in [7, 11) is 1.47. The summed E-state index contributed by atoms with van der Waals surface area (Å²) in [6, 6.07) is 14.2. The highest BCUT2D eigenvalue weighted by atomic mass is 79.9. The molecule has 7 nitrogen and oxygen atoms in total. The van der Waals surface area contributed by atoms with Crippen molar-refractivity contribution in [2.75, 3.05) is 18.6 Å². The number of halogens is 1. The predicted octanol–water partition coefficient (Wildman–Crippen LogP) is 3.89. The number of amides is 3. The molecule has 0 saturated carbocycles. The van der Waals surface area contributed by atoms with Crippen molar-refractivity contribution in [3.63, 3.8) is 0 Å². The first-order valence-corrected chi connectivity index (χ1v) is 10.1. The van der Waals surface area contributed by atoms with E-state index in [2.05, 4.69) is 15.9 Å². The molecule has 1 unspecified atom stereocenters. The molecule has 2 aliphatic heterocycles. The lowest BCUT2D eigenvalue weighted by molar-refractivity contribution is -0.124. The Kier molecular flexibility index (Phi) is 5.44. The van der Waals surface area contributed by atoms with Crippen molar-refractivity contribution in [3.05, 3.63) is 70.2 Å². The number of fused-ring (bicyclic) bond motifs is 1. The molecule has 2 atom stereocenters. The van der Waals surface area contributed by atoms with Gasteiger partial charge in [0.05, 0.1) is 5.69 Å². The molecular weight excluding hydrogens is 452 g/mol. The van der Waals surface area contributed by atoms with Crippen molar-refractivity contribution in [1.29, 1.82) is 0 Å². The van der Waals surface area contributed by atoms with E-state index in [1.165, 1.54) is 25.0 Å². The van der Waals surface area contributed by atoms with E-state index in [-0.39, 0.29) is 12.5 Å². The molecule has 2 aromatic carbocycles. The number of methoxy groups -OCH3 is 1. The summed E-state index contributed by atoms with van der Waals surface area (Å²) in [5.74, 6) is -0.748. The van der Waals surface area contributed by atoms with Gasteiger partial charge in [0.2, 0.25) is 5.91 Å². The van der Waals surface area contributed by atoms with Crippen LogP contribution in [0.3, 0.4) is 0 Å². The van der Waals surface area contributed by atoms with Gasteiger partial charge >= 0.3 is 6.09 Å². The van der Waals surface area contributed by atoms with Gasteiger partial charge in [-0.3, -0.25) is 14.5 Å². The zero-order valence-corrected chi connectivity index (χ0v) is 18.0. The van der Waals surface area contributed by atoms with E-state index >= 15 is 0 Å². The second kappa shape index (κ2) is 8.04. The minimum Gasteiger partial charge on any atom is -0.446 e. The fourth-order valence-electron chi connectivity index (χ4n) is 3.85. The van der Waals surface area contributed by atoms with Crippen LogP contribution < -0.4 is 4.90 Å². The van der Waals surface area contributed by atoms with Crippen molar-refractivity contribution < 1.29 is 23.9 Å². The molecule has 0 spiro atoms. The van der Waals surface area contributed by atoms with Gasteiger partial charge in [0.15, 0.2) is 6.23 Å². The van der Waals surface area contributed by atoms with Gasteiger partial charge in [0.25, 0.3) is 5.91 Å². The molecule has 2 aromatic rings. The molecule has 4 rings (SSSR count). The Hall–Kier alpha value is -2.97. The number of carbonyl (C=O) groups is 3. The van der Waals surface area contributed by atoms with Crippen molar-refractivity contribution in [2.24, 2.45) is 0 Å². The number of rotatable bonds is 3. The Bertz CT molecular complexity index is 1050. The minimum atomic E-state index is -0.774. The van der Waals surface area contributed by atoms with Gasteiger partial charge in [0.1, 0.15) is 12.6 Å². The molecule has 30 heavy (non-hydrogen) atoms. The van der Waals surface area contributed by atoms with Crippen molar-refractivity contribution in [1.82, 2.24) is 4.90 Å². The summed E-state index contributed by atoms with van der Waals surface area (Å²) < 4.78 is 11.5. The normalized spacial score (nSPS) is 21.7. The molecule has 0 N–H and O–H groups in total. The van der Waals surface area contributed by atoms with Gasteiger partial charge in [-0.15, -0.1) is 0 Å². The molecule has 154 valence electrons. The third-order valence-electron chi connectivity index (χ3n) is 5.17. The number of ether oxygens (including phenoxy) is 2. The van der Waals surface area contributed by atoms with Crippen LogP contribution in [0.15, 0.2) is 59.1 Å². The Labute approximate surface area is 182 Å². The van der Waals surface area contributed by atoms with E-state index in [9.17, 15) is 14.4 Å². The highest BCUT2D eigenvalue weighted by Crippen LogP contribution is 2.42. The topological polar surface area (TPSA) is 76.2 Å². The Morgan fingerprint density at radius 1 is 1.17 bits per heavy atom. The zero-order valence-electron chi connectivity index (χ0n) is 16.4. The van der Waals surface area contributed by atoms with Gasteiger partial charge in [-0.05, 0) is 17.7 Å². The summed E-state index contributed by atoms with van der Waals surface area (Å²) in [4.78, 5) is 40.4. The number of anilines is 1. The maximum Gasteiger partial charge on any atom is 0.417 e. The molecule has 2 aliphatic rings. The van der Waals surface area contributed by atoms with Gasteiger partial charge in [0, 0.05) is 35.7 Å². The van der Waals surface area contributed by atoms with Gasteiger partial charge in [-0.25, -0.2) is 9.69 Å². The van der Waals surface area contributed by atoms with Crippen LogP contribution in [0.1, 0.15) is 24.1 Å². The maximum absolute atomic E-state index is 13.2. The SMILES string of the molecule is COC1/C(=C\C(=O)N2C(=O)OC[C@@H]2c2ccccc2)c2ccc(Br)cc2N1C(C)=O. The number of carbonyl (C=O) groups excluding carboxylic acids is 3. The molecule has 2 heterocycles. The molecule has 0 aromatic heterocycles. The second-order valence-electron chi connectivity index (χ2n) is 6.95. The number of imide groups is 1. The lowest BCUT2D eigenvalue weighted by Crippen LogP contribution is -2.38. The Morgan fingerprint density at radius 2 is 1.90 bits per heavy atom. The quantitative estimate of drug-likeness (QED) is 0.635. The molecule has 1 fully saturated rings. The van der Waals surface area contributed by atoms with E-state index in [0.29, 0.717) is 16.8 Å². The fourth-order valence-corrected chi connectivity index (χ4v) is 4.20. The summed E-state index contributed by atoms with van der Waals surface area (Å²) in [5, 5.41) is 0.